The molecule has 0 radical (unpaired) electrons. The zero-order valence-electron chi connectivity index (χ0n) is 7.49. The van der Waals surface area contributed by atoms with E-state index in [9.17, 15) is 9.59 Å². The lowest BCUT2D eigenvalue weighted by Gasteiger charge is -2.30. The fraction of sp³-hybridized carbons (Fsp3) is 0.375. The molecule has 1 fully saturated rings. The van der Waals surface area contributed by atoms with Crippen LogP contribution in [0.25, 0.3) is 0 Å². The first-order valence-corrected chi connectivity index (χ1v) is 4.32. The van der Waals surface area contributed by atoms with Crippen molar-refractivity contribution in [2.24, 2.45) is 5.73 Å². The number of rotatable bonds is 2. The summed E-state index contributed by atoms with van der Waals surface area (Å²) in [4.78, 5) is 30.5. The van der Waals surface area contributed by atoms with E-state index in [2.05, 4.69) is 9.97 Å². The molecule has 1 aromatic rings. The second-order valence-electron chi connectivity index (χ2n) is 3.14. The van der Waals surface area contributed by atoms with Crippen LogP contribution in [0.2, 0.25) is 0 Å². The molecule has 2 rings (SSSR count). The second-order valence-corrected chi connectivity index (χ2v) is 3.14. The van der Waals surface area contributed by atoms with E-state index in [1.807, 2.05) is 0 Å². The van der Waals surface area contributed by atoms with E-state index in [1.54, 1.807) is 4.90 Å². The molecule has 1 aromatic heterocycles. The fourth-order valence-electron chi connectivity index (χ4n) is 1.32. The molecule has 0 aliphatic carbocycles. The minimum atomic E-state index is -0.685. The van der Waals surface area contributed by atoms with Crippen LogP contribution in [0.15, 0.2) is 6.33 Å². The first-order chi connectivity index (χ1) is 6.70. The number of imidazole rings is 1. The number of aromatic nitrogens is 2. The van der Waals surface area contributed by atoms with Crippen molar-refractivity contribution in [3.63, 3.8) is 0 Å². The fourth-order valence-corrected chi connectivity index (χ4v) is 1.32. The summed E-state index contributed by atoms with van der Waals surface area (Å²) in [7, 11) is 0. The summed E-state index contributed by atoms with van der Waals surface area (Å²) in [6, 6.07) is 0. The van der Waals surface area contributed by atoms with Crippen LogP contribution in [0, 0.1) is 0 Å². The van der Waals surface area contributed by atoms with Gasteiger partial charge in [0.15, 0.2) is 5.69 Å². The summed E-state index contributed by atoms with van der Waals surface area (Å²) in [6.07, 6.45) is 2.30. The number of nitrogens with one attached hydrogen (secondary N) is 1. The molecule has 6 heteroatoms. The Bertz CT molecular complexity index is 380. The second kappa shape index (κ2) is 3.13. The van der Waals surface area contributed by atoms with E-state index in [0.29, 0.717) is 0 Å². The van der Waals surface area contributed by atoms with Gasteiger partial charge >= 0.3 is 0 Å². The van der Waals surface area contributed by atoms with E-state index < -0.39 is 5.91 Å². The van der Waals surface area contributed by atoms with E-state index in [0.717, 1.165) is 19.5 Å². The Morgan fingerprint density at radius 3 is 2.71 bits per heavy atom. The molecule has 74 valence electrons. The average molecular weight is 194 g/mol. The SMILES string of the molecule is NC(=O)c1nc[nH]c1C(=O)N1CCC1. The number of nitrogens with two attached hydrogens (primary N) is 1. The third-order valence-corrected chi connectivity index (χ3v) is 2.23. The Morgan fingerprint density at radius 1 is 1.50 bits per heavy atom. The quantitative estimate of drug-likeness (QED) is 0.655. The van der Waals surface area contributed by atoms with Gasteiger partial charge in [-0.3, -0.25) is 9.59 Å². The lowest BCUT2D eigenvalue weighted by molar-refractivity contribution is 0.0642. The van der Waals surface area contributed by atoms with E-state index in [-0.39, 0.29) is 17.3 Å². The van der Waals surface area contributed by atoms with Crippen LogP contribution in [0.5, 0.6) is 0 Å². The standard InChI is InChI=1S/C8H10N4O2/c9-7(13)5-6(11-4-10-5)8(14)12-2-1-3-12/h4H,1-3H2,(H2,9,13)(H,10,11). The molecule has 14 heavy (non-hydrogen) atoms. The van der Waals surface area contributed by atoms with Crippen molar-refractivity contribution in [3.8, 4) is 0 Å². The number of amides is 2. The van der Waals surface area contributed by atoms with Crippen LogP contribution in [-0.4, -0.2) is 39.8 Å². The smallest absolute Gasteiger partial charge is 0.272 e. The van der Waals surface area contributed by atoms with Gasteiger partial charge in [0.1, 0.15) is 5.69 Å². The summed E-state index contributed by atoms with van der Waals surface area (Å²) in [5.41, 5.74) is 5.27. The number of carbonyl (C=O) groups excluding carboxylic acids is 2. The highest BCUT2D eigenvalue weighted by Crippen LogP contribution is 2.12. The van der Waals surface area contributed by atoms with Crippen LogP contribution in [0.3, 0.4) is 0 Å². The number of H-pyrrole nitrogens is 1. The monoisotopic (exact) mass is 194 g/mol. The van der Waals surface area contributed by atoms with Crippen LogP contribution in [-0.2, 0) is 0 Å². The highest BCUT2D eigenvalue weighted by atomic mass is 16.2. The highest BCUT2D eigenvalue weighted by molar-refractivity contribution is 6.04. The molecule has 0 spiro atoms. The number of nitrogens with zero attached hydrogens (tertiary/aromatic N) is 2. The molecular formula is C8H10N4O2. The number of hydrogen-bond donors (Lipinski definition) is 2. The maximum atomic E-state index is 11.7. The van der Waals surface area contributed by atoms with Crippen molar-refractivity contribution >= 4 is 11.8 Å². The van der Waals surface area contributed by atoms with E-state index >= 15 is 0 Å². The van der Waals surface area contributed by atoms with Gasteiger partial charge in [0, 0.05) is 13.1 Å². The van der Waals surface area contributed by atoms with Gasteiger partial charge in [0.05, 0.1) is 6.33 Å². The van der Waals surface area contributed by atoms with Gasteiger partial charge in [-0.2, -0.15) is 0 Å². The van der Waals surface area contributed by atoms with Gasteiger partial charge in [-0.25, -0.2) is 4.98 Å². The number of aromatic amines is 1. The Kier molecular flexibility index (Phi) is 1.95. The molecule has 3 N–H and O–H groups in total. The minimum absolute atomic E-state index is 0.0156. The summed E-state index contributed by atoms with van der Waals surface area (Å²) in [5.74, 6) is -0.891. The molecule has 6 nitrogen and oxygen atoms in total. The van der Waals surface area contributed by atoms with E-state index in [1.165, 1.54) is 6.33 Å². The van der Waals surface area contributed by atoms with E-state index in [4.69, 9.17) is 5.73 Å². The molecule has 1 saturated heterocycles. The highest BCUT2D eigenvalue weighted by Gasteiger charge is 2.26. The molecule has 1 aliphatic rings. The van der Waals surface area contributed by atoms with Gasteiger partial charge < -0.3 is 15.6 Å². The van der Waals surface area contributed by atoms with Crippen molar-refractivity contribution in [2.75, 3.05) is 13.1 Å². The van der Waals surface area contributed by atoms with Gasteiger partial charge in [0.2, 0.25) is 0 Å². The normalized spacial score (nSPS) is 15.0. The van der Waals surface area contributed by atoms with Crippen molar-refractivity contribution in [1.29, 1.82) is 0 Å². The minimum Gasteiger partial charge on any atom is -0.364 e. The van der Waals surface area contributed by atoms with Crippen LogP contribution in [0.1, 0.15) is 27.4 Å². The molecule has 1 aliphatic heterocycles. The number of likely N-dealkylation sites (tertiary alicyclic amines) is 1. The van der Waals surface area contributed by atoms with Gasteiger partial charge in [-0.05, 0) is 6.42 Å². The third-order valence-electron chi connectivity index (χ3n) is 2.23. The summed E-state index contributed by atoms with van der Waals surface area (Å²) < 4.78 is 0. The third kappa shape index (κ3) is 1.24. The Balaban J connectivity index is 2.26. The first kappa shape index (κ1) is 8.74. The largest absolute Gasteiger partial charge is 0.364 e. The molecular weight excluding hydrogens is 184 g/mol. The first-order valence-electron chi connectivity index (χ1n) is 4.32. The summed E-state index contributed by atoms with van der Waals surface area (Å²) >= 11 is 0. The summed E-state index contributed by atoms with van der Waals surface area (Å²) in [6.45, 7) is 1.46. The van der Waals surface area contributed by atoms with Gasteiger partial charge in [-0.1, -0.05) is 0 Å². The Morgan fingerprint density at radius 2 is 2.21 bits per heavy atom. The van der Waals surface area contributed by atoms with Crippen LogP contribution < -0.4 is 5.73 Å². The maximum absolute atomic E-state index is 11.7. The maximum Gasteiger partial charge on any atom is 0.272 e. The number of primary amides is 1. The molecule has 2 amide bonds. The van der Waals surface area contributed by atoms with Crippen molar-refractivity contribution < 1.29 is 9.59 Å². The zero-order valence-corrected chi connectivity index (χ0v) is 7.49. The molecule has 2 heterocycles. The number of carbonyl (C=O) groups is 2. The van der Waals surface area contributed by atoms with Crippen LogP contribution in [0.4, 0.5) is 0 Å². The van der Waals surface area contributed by atoms with Crippen molar-refractivity contribution in [2.45, 2.75) is 6.42 Å². The Labute approximate surface area is 80.1 Å². The molecule has 0 aromatic carbocycles. The number of hydrogen-bond acceptors (Lipinski definition) is 3. The predicted octanol–water partition coefficient (Wildman–Crippen LogP) is -0.646. The average Bonchev–Trinajstić information content (AvgIpc) is 2.47. The summed E-state index contributed by atoms with van der Waals surface area (Å²) in [5, 5.41) is 0. The van der Waals surface area contributed by atoms with Gasteiger partial charge in [0.25, 0.3) is 11.8 Å². The van der Waals surface area contributed by atoms with Crippen molar-refractivity contribution in [3.05, 3.63) is 17.7 Å². The zero-order chi connectivity index (χ0) is 10.1. The van der Waals surface area contributed by atoms with Crippen LogP contribution >= 0.6 is 0 Å². The van der Waals surface area contributed by atoms with Gasteiger partial charge in [-0.15, -0.1) is 0 Å². The predicted molar refractivity (Wildman–Crippen MR) is 47.6 cm³/mol. The lowest BCUT2D eigenvalue weighted by atomic mass is 10.2. The molecule has 0 unspecified atom stereocenters. The lowest BCUT2D eigenvalue weighted by Crippen LogP contribution is -2.42. The Hall–Kier alpha value is -1.85. The molecule has 0 bridgehead atoms. The van der Waals surface area contributed by atoms with Crippen molar-refractivity contribution in [1.82, 2.24) is 14.9 Å². The molecule has 0 saturated carbocycles. The topological polar surface area (TPSA) is 92.1 Å². The molecule has 0 atom stereocenters.